The summed E-state index contributed by atoms with van der Waals surface area (Å²) < 4.78 is 39.1. The Bertz CT molecular complexity index is 451. The first-order valence-corrected chi connectivity index (χ1v) is 6.51. The SMILES string of the molecule is O=S(=O)(F)c1ccc(OC2CCCC2)nc1. The summed E-state index contributed by atoms with van der Waals surface area (Å²) in [6, 6.07) is 2.54. The van der Waals surface area contributed by atoms with Crippen molar-refractivity contribution in [2.24, 2.45) is 0 Å². The van der Waals surface area contributed by atoms with E-state index in [1.54, 1.807) is 0 Å². The molecule has 0 unspecified atom stereocenters. The Balaban J connectivity index is 2.07. The lowest BCUT2D eigenvalue weighted by Gasteiger charge is -2.11. The van der Waals surface area contributed by atoms with Crippen molar-refractivity contribution in [2.75, 3.05) is 0 Å². The molecule has 0 radical (unpaired) electrons. The normalized spacial score (nSPS) is 17.6. The second-order valence-corrected chi connectivity index (χ2v) is 5.14. The highest BCUT2D eigenvalue weighted by Gasteiger charge is 2.18. The topological polar surface area (TPSA) is 56.3 Å². The molecule has 1 saturated carbocycles. The van der Waals surface area contributed by atoms with E-state index in [1.165, 1.54) is 6.07 Å². The first-order chi connectivity index (χ1) is 7.55. The molecule has 2 rings (SSSR count). The average molecular weight is 245 g/mol. The third kappa shape index (κ3) is 2.69. The Morgan fingerprint density at radius 2 is 2.00 bits per heavy atom. The molecule has 0 spiro atoms. The van der Waals surface area contributed by atoms with Gasteiger partial charge >= 0.3 is 10.2 Å². The van der Waals surface area contributed by atoms with Gasteiger partial charge in [-0.1, -0.05) is 0 Å². The molecule has 1 aromatic heterocycles. The van der Waals surface area contributed by atoms with E-state index >= 15 is 0 Å². The highest BCUT2D eigenvalue weighted by Crippen LogP contribution is 2.23. The monoisotopic (exact) mass is 245 g/mol. The standard InChI is InChI=1S/C10H12FNO3S/c11-16(13,14)9-5-6-10(12-7-9)15-8-3-1-2-4-8/h5-8H,1-4H2. The third-order valence-electron chi connectivity index (χ3n) is 2.58. The van der Waals surface area contributed by atoms with E-state index in [-0.39, 0.29) is 6.10 Å². The van der Waals surface area contributed by atoms with Gasteiger partial charge in [-0.3, -0.25) is 0 Å². The fourth-order valence-corrected chi connectivity index (χ4v) is 2.17. The van der Waals surface area contributed by atoms with Gasteiger partial charge in [-0.05, 0) is 31.7 Å². The van der Waals surface area contributed by atoms with Gasteiger partial charge in [-0.15, -0.1) is 3.89 Å². The molecule has 0 atom stereocenters. The maximum Gasteiger partial charge on any atom is 0.333 e. The average Bonchev–Trinajstić information content (AvgIpc) is 2.70. The van der Waals surface area contributed by atoms with Crippen LogP contribution in [0, 0.1) is 0 Å². The van der Waals surface area contributed by atoms with E-state index in [2.05, 4.69) is 4.98 Å². The second kappa shape index (κ2) is 4.37. The predicted molar refractivity (Wildman–Crippen MR) is 55.4 cm³/mol. The summed E-state index contributed by atoms with van der Waals surface area (Å²) in [6.45, 7) is 0. The highest BCUT2D eigenvalue weighted by molar-refractivity contribution is 7.86. The van der Waals surface area contributed by atoms with Crippen LogP contribution < -0.4 is 4.74 Å². The first-order valence-electron chi connectivity index (χ1n) is 5.13. The van der Waals surface area contributed by atoms with Crippen LogP contribution in [0.3, 0.4) is 0 Å². The molecule has 0 amide bonds. The molecule has 1 aromatic rings. The zero-order valence-corrected chi connectivity index (χ0v) is 9.41. The van der Waals surface area contributed by atoms with Crippen molar-refractivity contribution < 1.29 is 17.0 Å². The molecule has 1 aliphatic carbocycles. The van der Waals surface area contributed by atoms with Crippen molar-refractivity contribution in [3.8, 4) is 5.88 Å². The number of pyridine rings is 1. The smallest absolute Gasteiger partial charge is 0.333 e. The number of rotatable bonds is 3. The van der Waals surface area contributed by atoms with E-state index in [1.807, 2.05) is 0 Å². The number of hydrogen-bond acceptors (Lipinski definition) is 4. The van der Waals surface area contributed by atoms with Crippen molar-refractivity contribution in [2.45, 2.75) is 36.7 Å². The van der Waals surface area contributed by atoms with Crippen LogP contribution in [0.4, 0.5) is 3.89 Å². The van der Waals surface area contributed by atoms with Gasteiger partial charge in [0.1, 0.15) is 11.0 Å². The zero-order valence-electron chi connectivity index (χ0n) is 8.60. The Kier molecular flexibility index (Phi) is 3.09. The molecule has 0 N–H and O–H groups in total. The van der Waals surface area contributed by atoms with Crippen LogP contribution in [-0.2, 0) is 10.2 Å². The van der Waals surface area contributed by atoms with Crippen LogP contribution in [0.5, 0.6) is 5.88 Å². The number of ether oxygens (including phenoxy) is 1. The number of aromatic nitrogens is 1. The summed E-state index contributed by atoms with van der Waals surface area (Å²) >= 11 is 0. The molecule has 1 heterocycles. The minimum absolute atomic E-state index is 0.153. The molecule has 88 valence electrons. The molecule has 1 aliphatic rings. The molecular formula is C10H12FNO3S. The summed E-state index contributed by atoms with van der Waals surface area (Å²) in [7, 11) is -4.66. The van der Waals surface area contributed by atoms with E-state index < -0.39 is 15.1 Å². The molecule has 0 aliphatic heterocycles. The van der Waals surface area contributed by atoms with Crippen LogP contribution in [0.25, 0.3) is 0 Å². The lowest BCUT2D eigenvalue weighted by molar-refractivity contribution is 0.201. The van der Waals surface area contributed by atoms with Gasteiger partial charge in [0.15, 0.2) is 0 Å². The van der Waals surface area contributed by atoms with Crippen LogP contribution in [-0.4, -0.2) is 19.5 Å². The lowest BCUT2D eigenvalue weighted by Crippen LogP contribution is -2.11. The Morgan fingerprint density at radius 3 is 2.50 bits per heavy atom. The Labute approximate surface area is 93.7 Å². The zero-order chi connectivity index (χ0) is 11.6. The number of nitrogens with zero attached hydrogens (tertiary/aromatic N) is 1. The fourth-order valence-electron chi connectivity index (χ4n) is 1.76. The molecule has 16 heavy (non-hydrogen) atoms. The minimum atomic E-state index is -4.66. The van der Waals surface area contributed by atoms with Gasteiger partial charge < -0.3 is 4.74 Å². The molecule has 0 bridgehead atoms. The van der Waals surface area contributed by atoms with E-state index in [0.29, 0.717) is 5.88 Å². The Hall–Kier alpha value is -1.17. The quantitative estimate of drug-likeness (QED) is 0.765. The van der Waals surface area contributed by atoms with Gasteiger partial charge in [0, 0.05) is 6.07 Å². The van der Waals surface area contributed by atoms with Gasteiger partial charge in [-0.25, -0.2) is 4.98 Å². The summed E-state index contributed by atoms with van der Waals surface area (Å²) in [5.41, 5.74) is 0. The van der Waals surface area contributed by atoms with Gasteiger partial charge in [-0.2, -0.15) is 8.42 Å². The second-order valence-electron chi connectivity index (χ2n) is 3.79. The van der Waals surface area contributed by atoms with Gasteiger partial charge in [0.05, 0.1) is 6.20 Å². The van der Waals surface area contributed by atoms with Crippen molar-refractivity contribution in [3.05, 3.63) is 18.3 Å². The van der Waals surface area contributed by atoms with Crippen LogP contribution in [0.15, 0.2) is 23.2 Å². The van der Waals surface area contributed by atoms with E-state index in [9.17, 15) is 12.3 Å². The van der Waals surface area contributed by atoms with Gasteiger partial charge in [0.25, 0.3) is 0 Å². The largest absolute Gasteiger partial charge is 0.474 e. The summed E-state index contributed by atoms with van der Waals surface area (Å²) in [4.78, 5) is 3.33. The predicted octanol–water partition coefficient (Wildman–Crippen LogP) is 2.06. The number of halogens is 1. The van der Waals surface area contributed by atoms with Crippen LogP contribution >= 0.6 is 0 Å². The van der Waals surface area contributed by atoms with Crippen molar-refractivity contribution in [1.82, 2.24) is 4.98 Å². The molecule has 4 nitrogen and oxygen atoms in total. The lowest BCUT2D eigenvalue weighted by atomic mass is 10.3. The van der Waals surface area contributed by atoms with Crippen molar-refractivity contribution >= 4 is 10.2 Å². The van der Waals surface area contributed by atoms with E-state index in [4.69, 9.17) is 4.74 Å². The maximum atomic E-state index is 12.5. The van der Waals surface area contributed by atoms with E-state index in [0.717, 1.165) is 37.9 Å². The highest BCUT2D eigenvalue weighted by atomic mass is 32.3. The maximum absolute atomic E-state index is 12.5. The Morgan fingerprint density at radius 1 is 1.31 bits per heavy atom. The summed E-state index contributed by atoms with van der Waals surface area (Å²) in [6.07, 6.45) is 5.39. The minimum Gasteiger partial charge on any atom is -0.474 e. The molecule has 0 aromatic carbocycles. The van der Waals surface area contributed by atoms with Crippen LogP contribution in [0.2, 0.25) is 0 Å². The van der Waals surface area contributed by atoms with Crippen molar-refractivity contribution in [3.63, 3.8) is 0 Å². The molecule has 6 heteroatoms. The summed E-state index contributed by atoms with van der Waals surface area (Å²) in [5.74, 6) is 0.347. The first kappa shape index (κ1) is 11.3. The molecule has 0 saturated heterocycles. The molecular weight excluding hydrogens is 233 g/mol. The number of hydrogen-bond donors (Lipinski definition) is 0. The third-order valence-corrected chi connectivity index (χ3v) is 3.38. The fraction of sp³-hybridized carbons (Fsp3) is 0.500. The van der Waals surface area contributed by atoms with Gasteiger partial charge in [0.2, 0.25) is 5.88 Å². The molecule has 1 fully saturated rings. The van der Waals surface area contributed by atoms with Crippen LogP contribution in [0.1, 0.15) is 25.7 Å². The summed E-state index contributed by atoms with van der Waals surface area (Å²) in [5, 5.41) is 0. The van der Waals surface area contributed by atoms with Crippen molar-refractivity contribution in [1.29, 1.82) is 0 Å².